The molecular formula is C35H38ClFN8O5. The number of halogens is 2. The molecule has 15 heteroatoms. The fraction of sp³-hybridized carbons (Fsp3) is 0.314. The third-order valence-electron chi connectivity index (χ3n) is 8.16. The first-order chi connectivity index (χ1) is 23.8. The van der Waals surface area contributed by atoms with Crippen molar-refractivity contribution in [3.8, 4) is 17.7 Å². The third kappa shape index (κ3) is 8.48. The Morgan fingerprint density at radius 2 is 2.04 bits per heavy atom. The summed E-state index contributed by atoms with van der Waals surface area (Å²) in [5.74, 6) is -2.88. The van der Waals surface area contributed by atoms with Crippen molar-refractivity contribution < 1.29 is 24.1 Å². The number of ether oxygens (including phenoxy) is 1. The monoisotopic (exact) mass is 704 g/mol. The van der Waals surface area contributed by atoms with Crippen LogP contribution in [0.2, 0.25) is 5.02 Å². The average Bonchev–Trinajstić information content (AvgIpc) is 3.09. The number of nitrogens with two attached hydrogens (primary N) is 1. The number of phenolic OH excluding ortho intramolecular Hbond substituents is 1. The van der Waals surface area contributed by atoms with Gasteiger partial charge < -0.3 is 35.5 Å². The molecule has 3 aromatic rings. The number of hydrogen-bond donors (Lipinski definition) is 4. The van der Waals surface area contributed by atoms with Gasteiger partial charge >= 0.3 is 5.97 Å². The fourth-order valence-electron chi connectivity index (χ4n) is 5.33. The van der Waals surface area contributed by atoms with E-state index in [1.165, 1.54) is 54.4 Å². The highest BCUT2D eigenvalue weighted by Gasteiger charge is 2.35. The molecule has 262 valence electrons. The molecule has 1 aromatic carbocycles. The smallest absolute Gasteiger partial charge is 0.352 e. The molecule has 0 amide bonds. The maximum atomic E-state index is 15.3. The maximum Gasteiger partial charge on any atom is 0.352 e. The number of carboxylic acids is 1. The summed E-state index contributed by atoms with van der Waals surface area (Å²) in [4.78, 5) is 41.1. The number of aliphatic carboxylic acids is 1. The van der Waals surface area contributed by atoms with Crippen molar-refractivity contribution in [2.75, 3.05) is 31.4 Å². The normalized spacial score (nSPS) is 16.3. The molecule has 1 aliphatic carbocycles. The van der Waals surface area contributed by atoms with Gasteiger partial charge in [-0.25, -0.2) is 19.2 Å². The van der Waals surface area contributed by atoms with Crippen LogP contribution in [0, 0.1) is 23.2 Å². The van der Waals surface area contributed by atoms with Gasteiger partial charge in [0.1, 0.15) is 34.1 Å². The summed E-state index contributed by atoms with van der Waals surface area (Å²) in [6.07, 6.45) is 6.24. The van der Waals surface area contributed by atoms with Crippen molar-refractivity contribution in [2.45, 2.75) is 39.3 Å². The van der Waals surface area contributed by atoms with E-state index in [-0.39, 0.29) is 57.9 Å². The van der Waals surface area contributed by atoms with Crippen LogP contribution in [0.3, 0.4) is 0 Å². The highest BCUT2D eigenvalue weighted by molar-refractivity contribution is 6.30. The molecule has 0 spiro atoms. The zero-order valence-corrected chi connectivity index (χ0v) is 28.9. The lowest BCUT2D eigenvalue weighted by molar-refractivity contribution is -0.132. The van der Waals surface area contributed by atoms with Gasteiger partial charge in [-0.05, 0) is 48.6 Å². The minimum absolute atomic E-state index is 0.0425. The van der Waals surface area contributed by atoms with Crippen molar-refractivity contribution in [3.63, 3.8) is 0 Å². The second-order valence-electron chi connectivity index (χ2n) is 11.8. The van der Waals surface area contributed by atoms with Crippen LogP contribution in [-0.4, -0.2) is 63.7 Å². The number of aliphatic imine (C=N–C) groups is 1. The Labute approximate surface area is 293 Å². The number of nitrogens with zero attached hydrogens (tertiary/aromatic N) is 6. The summed E-state index contributed by atoms with van der Waals surface area (Å²) in [6.45, 7) is 3.82. The van der Waals surface area contributed by atoms with Crippen LogP contribution >= 0.6 is 11.6 Å². The Morgan fingerprint density at radius 3 is 2.62 bits per heavy atom. The lowest BCUT2D eigenvalue weighted by atomic mass is 9.80. The van der Waals surface area contributed by atoms with E-state index in [9.17, 15) is 25.1 Å². The van der Waals surface area contributed by atoms with Crippen molar-refractivity contribution in [2.24, 2.45) is 22.6 Å². The van der Waals surface area contributed by atoms with Crippen LogP contribution in [0.25, 0.3) is 0 Å². The molecule has 0 aliphatic heterocycles. The first kappa shape index (κ1) is 37.1. The summed E-state index contributed by atoms with van der Waals surface area (Å²) in [5.41, 5.74) is 6.66. The number of nitrogens with one attached hydrogen (secondary N) is 1. The molecule has 2 aromatic heterocycles. The molecule has 0 bridgehead atoms. The fourth-order valence-corrected chi connectivity index (χ4v) is 5.55. The van der Waals surface area contributed by atoms with Crippen LogP contribution in [0.15, 0.2) is 87.3 Å². The lowest BCUT2D eigenvalue weighted by Crippen LogP contribution is -2.39. The van der Waals surface area contributed by atoms with E-state index >= 15 is 4.39 Å². The predicted molar refractivity (Wildman–Crippen MR) is 190 cm³/mol. The average molecular weight is 705 g/mol. The topological polar surface area (TPSA) is 192 Å². The minimum atomic E-state index is -1.45. The Morgan fingerprint density at radius 1 is 1.34 bits per heavy atom. The highest BCUT2D eigenvalue weighted by Crippen LogP contribution is 2.35. The van der Waals surface area contributed by atoms with Gasteiger partial charge in [0.2, 0.25) is 11.8 Å². The van der Waals surface area contributed by atoms with Gasteiger partial charge in [-0.1, -0.05) is 43.7 Å². The Balaban J connectivity index is 1.96. The van der Waals surface area contributed by atoms with Gasteiger partial charge in [0.15, 0.2) is 0 Å². The van der Waals surface area contributed by atoms with Crippen molar-refractivity contribution in [1.29, 1.82) is 5.26 Å². The van der Waals surface area contributed by atoms with E-state index in [0.717, 1.165) is 0 Å². The SMILES string of the molecule is CCC(C)C(=Nc1cnc(N(C)C)nc1OC)C(=C(N)C(=O)O)C(Nc1cc(Cl)c(=O)n(Cc2ccc(O)cc2)c1)C1C=C(F)C(C#N)=CC1. The molecule has 4 rings (SSSR count). The largest absolute Gasteiger partial charge is 0.508 e. The Bertz CT molecular complexity index is 1980. The van der Waals surface area contributed by atoms with Crippen LogP contribution in [0.4, 0.5) is 21.7 Å². The first-order valence-corrected chi connectivity index (χ1v) is 16.0. The van der Waals surface area contributed by atoms with Gasteiger partial charge in [-0.2, -0.15) is 10.2 Å². The molecular weight excluding hydrogens is 667 g/mol. The van der Waals surface area contributed by atoms with E-state index in [1.807, 2.05) is 19.9 Å². The first-order valence-electron chi connectivity index (χ1n) is 15.6. The number of aromatic nitrogens is 3. The zero-order chi connectivity index (χ0) is 36.7. The third-order valence-corrected chi connectivity index (χ3v) is 8.43. The summed E-state index contributed by atoms with van der Waals surface area (Å²) >= 11 is 6.43. The van der Waals surface area contributed by atoms with Crippen LogP contribution < -0.4 is 26.2 Å². The number of nitriles is 1. The molecule has 5 N–H and O–H groups in total. The Hall–Kier alpha value is -5.68. The molecule has 2 heterocycles. The lowest BCUT2D eigenvalue weighted by Gasteiger charge is -2.33. The molecule has 13 nitrogen and oxygen atoms in total. The number of phenols is 1. The number of allylic oxidation sites excluding steroid dienone is 3. The van der Waals surface area contributed by atoms with Gasteiger partial charge in [0.25, 0.3) is 5.56 Å². The summed E-state index contributed by atoms with van der Waals surface area (Å²) in [5, 5.41) is 32.6. The van der Waals surface area contributed by atoms with E-state index in [0.29, 0.717) is 17.9 Å². The molecule has 0 saturated carbocycles. The summed E-state index contributed by atoms with van der Waals surface area (Å²) in [6, 6.07) is 8.42. The number of anilines is 2. The van der Waals surface area contributed by atoms with Gasteiger partial charge in [0, 0.05) is 31.8 Å². The maximum absolute atomic E-state index is 15.3. The molecule has 3 unspecified atom stereocenters. The van der Waals surface area contributed by atoms with Crippen molar-refractivity contribution in [3.05, 3.63) is 98.5 Å². The number of rotatable bonds is 13. The molecule has 0 saturated heterocycles. The number of carboxylic acid groups (broad SMARTS) is 1. The highest BCUT2D eigenvalue weighted by atomic mass is 35.5. The van der Waals surface area contributed by atoms with Crippen LogP contribution in [0.5, 0.6) is 11.6 Å². The van der Waals surface area contributed by atoms with Crippen molar-refractivity contribution in [1.82, 2.24) is 14.5 Å². The number of hydrogen-bond acceptors (Lipinski definition) is 11. The summed E-state index contributed by atoms with van der Waals surface area (Å²) in [7, 11) is 4.94. The van der Waals surface area contributed by atoms with E-state index in [4.69, 9.17) is 27.1 Å². The summed E-state index contributed by atoms with van der Waals surface area (Å²) < 4.78 is 22.1. The standard InChI is InChI=1S/C35H38ClFN8O5/c1-6-19(2)30(42-27-16-40-35(44(3)4)43-32(27)50-5)28(29(39)34(48)49)31(21-9-10-22(15-38)26(37)13-21)41-23-14-25(36)33(47)45(18-23)17-20-7-11-24(46)12-8-20/h7-8,10-14,16,18-19,21,31,41,46H,6,9,17,39H2,1-5H3,(H,48,49). The molecule has 1 aliphatic rings. The van der Waals surface area contributed by atoms with Gasteiger partial charge in [-0.3, -0.25) is 4.79 Å². The number of methoxy groups -OCH3 is 1. The zero-order valence-electron chi connectivity index (χ0n) is 28.2. The molecule has 0 radical (unpaired) electrons. The quantitative estimate of drug-likeness (QED) is 0.133. The van der Waals surface area contributed by atoms with Crippen molar-refractivity contribution >= 4 is 40.6 Å². The van der Waals surface area contributed by atoms with E-state index in [2.05, 4.69) is 15.3 Å². The minimum Gasteiger partial charge on any atom is -0.508 e. The number of carbonyl (C=O) groups is 1. The molecule has 0 fully saturated rings. The van der Waals surface area contributed by atoms with Crippen LogP contribution in [-0.2, 0) is 11.3 Å². The number of aromatic hydroxyl groups is 1. The Kier molecular flexibility index (Phi) is 12.0. The van der Waals surface area contributed by atoms with E-state index < -0.39 is 40.9 Å². The van der Waals surface area contributed by atoms with Crippen LogP contribution in [0.1, 0.15) is 32.3 Å². The predicted octanol–water partition coefficient (Wildman–Crippen LogP) is 5.34. The second kappa shape index (κ2) is 16.1. The molecule has 50 heavy (non-hydrogen) atoms. The second-order valence-corrected chi connectivity index (χ2v) is 12.2. The number of benzene rings is 1. The van der Waals surface area contributed by atoms with Gasteiger partial charge in [0.05, 0.1) is 42.9 Å². The van der Waals surface area contributed by atoms with E-state index in [1.54, 1.807) is 31.1 Å². The van der Waals surface area contributed by atoms with Gasteiger partial charge in [-0.15, -0.1) is 0 Å². The molecule has 3 atom stereocenters. The number of pyridine rings is 1.